The van der Waals surface area contributed by atoms with Crippen molar-refractivity contribution in [1.29, 1.82) is 0 Å². The summed E-state index contributed by atoms with van der Waals surface area (Å²) in [7, 11) is 1.90. The first kappa shape index (κ1) is 15.5. The monoisotopic (exact) mass is 334 g/mol. The number of amides is 1. The van der Waals surface area contributed by atoms with E-state index in [1.807, 2.05) is 11.6 Å². The van der Waals surface area contributed by atoms with Crippen molar-refractivity contribution in [3.8, 4) is 0 Å². The van der Waals surface area contributed by atoms with E-state index in [2.05, 4.69) is 22.4 Å². The van der Waals surface area contributed by atoms with E-state index in [0.29, 0.717) is 17.2 Å². The van der Waals surface area contributed by atoms with E-state index in [4.69, 9.17) is 0 Å². The minimum Gasteiger partial charge on any atom is -0.352 e. The zero-order valence-electron chi connectivity index (χ0n) is 14.0. The number of aromatic nitrogens is 3. The molecule has 4 bridgehead atoms. The molecule has 5 nitrogen and oxygen atoms in total. The highest BCUT2D eigenvalue weighted by molar-refractivity contribution is 7.99. The molecule has 1 aromatic heterocycles. The van der Waals surface area contributed by atoms with Gasteiger partial charge in [-0.2, -0.15) is 0 Å². The average molecular weight is 334 g/mol. The van der Waals surface area contributed by atoms with Crippen LogP contribution in [-0.4, -0.2) is 32.5 Å². The summed E-state index contributed by atoms with van der Waals surface area (Å²) in [4.78, 5) is 12.4. The van der Waals surface area contributed by atoms with Gasteiger partial charge in [0, 0.05) is 13.1 Å². The standard InChI is InChI=1S/C17H26N4OS/c1-11(19-15(22)9-23-16-20-18-10-21(16)2)17-6-12-3-13(7-17)5-14(4-12)8-17/h10-14H,3-9H2,1-2H3,(H,19,22). The molecule has 1 aromatic rings. The summed E-state index contributed by atoms with van der Waals surface area (Å²) in [6, 6.07) is 0.295. The average Bonchev–Trinajstić information content (AvgIpc) is 2.89. The first-order chi connectivity index (χ1) is 11.0. The van der Waals surface area contributed by atoms with Crippen LogP contribution in [0.25, 0.3) is 0 Å². The molecule has 5 rings (SSSR count). The summed E-state index contributed by atoms with van der Waals surface area (Å²) < 4.78 is 1.85. The van der Waals surface area contributed by atoms with E-state index in [9.17, 15) is 4.79 Å². The van der Waals surface area contributed by atoms with Crippen LogP contribution in [0.15, 0.2) is 11.5 Å². The van der Waals surface area contributed by atoms with E-state index in [0.717, 1.165) is 22.9 Å². The molecule has 0 saturated heterocycles. The Morgan fingerprint density at radius 1 is 1.35 bits per heavy atom. The number of nitrogens with one attached hydrogen (secondary N) is 1. The van der Waals surface area contributed by atoms with Crippen molar-refractivity contribution in [3.05, 3.63) is 6.33 Å². The van der Waals surface area contributed by atoms with Crippen LogP contribution in [-0.2, 0) is 11.8 Å². The third-order valence-corrected chi connectivity index (χ3v) is 7.42. The second kappa shape index (κ2) is 5.80. The van der Waals surface area contributed by atoms with Gasteiger partial charge in [0.1, 0.15) is 6.33 Å². The fraction of sp³-hybridized carbons (Fsp3) is 0.824. The van der Waals surface area contributed by atoms with Crippen LogP contribution in [0.1, 0.15) is 45.4 Å². The van der Waals surface area contributed by atoms with Crippen molar-refractivity contribution in [2.45, 2.75) is 56.6 Å². The Kier molecular flexibility index (Phi) is 3.90. The van der Waals surface area contributed by atoms with Crippen LogP contribution in [0.4, 0.5) is 0 Å². The van der Waals surface area contributed by atoms with Crippen LogP contribution in [0.3, 0.4) is 0 Å². The SMILES string of the molecule is CC(NC(=O)CSc1nncn1C)C12CC3CC(CC(C3)C1)C2. The van der Waals surface area contributed by atoms with Crippen molar-refractivity contribution < 1.29 is 4.79 Å². The number of aryl methyl sites for hydroxylation is 1. The maximum Gasteiger partial charge on any atom is 0.230 e. The van der Waals surface area contributed by atoms with Gasteiger partial charge in [0.25, 0.3) is 0 Å². The van der Waals surface area contributed by atoms with Crippen molar-refractivity contribution in [2.24, 2.45) is 30.2 Å². The molecule has 4 aliphatic carbocycles. The Morgan fingerprint density at radius 3 is 2.48 bits per heavy atom. The van der Waals surface area contributed by atoms with Crippen molar-refractivity contribution in [2.75, 3.05) is 5.75 Å². The van der Waals surface area contributed by atoms with Gasteiger partial charge in [-0.3, -0.25) is 4.79 Å². The Labute approximate surface area is 142 Å². The van der Waals surface area contributed by atoms with Gasteiger partial charge in [-0.05, 0) is 68.6 Å². The second-order valence-electron chi connectivity index (χ2n) is 8.08. The zero-order valence-corrected chi connectivity index (χ0v) is 14.8. The molecule has 1 N–H and O–H groups in total. The quantitative estimate of drug-likeness (QED) is 0.841. The normalized spacial score (nSPS) is 36.2. The first-order valence-electron chi connectivity index (χ1n) is 8.80. The summed E-state index contributed by atoms with van der Waals surface area (Å²) in [5.41, 5.74) is 0.375. The Bertz CT molecular complexity index is 564. The number of thioether (sulfide) groups is 1. The number of hydrogen-bond donors (Lipinski definition) is 1. The molecule has 0 radical (unpaired) electrons. The lowest BCUT2D eigenvalue weighted by molar-refractivity contribution is -0.123. The zero-order chi connectivity index (χ0) is 16.0. The van der Waals surface area contributed by atoms with Gasteiger partial charge in [0.15, 0.2) is 5.16 Å². The molecule has 4 aliphatic rings. The third-order valence-electron chi connectivity index (χ3n) is 6.38. The van der Waals surface area contributed by atoms with Crippen LogP contribution >= 0.6 is 11.8 Å². The van der Waals surface area contributed by atoms with Gasteiger partial charge in [-0.1, -0.05) is 11.8 Å². The summed E-state index contributed by atoms with van der Waals surface area (Å²) in [6.07, 6.45) is 9.99. The molecule has 1 unspecified atom stereocenters. The number of hydrogen-bond acceptors (Lipinski definition) is 4. The minimum absolute atomic E-state index is 0.126. The molecule has 0 aliphatic heterocycles. The molecule has 23 heavy (non-hydrogen) atoms. The summed E-state index contributed by atoms with van der Waals surface area (Å²) in [6.45, 7) is 2.23. The predicted octanol–water partition coefficient (Wildman–Crippen LogP) is 2.63. The lowest BCUT2D eigenvalue weighted by Crippen LogP contribution is -2.56. The Balaban J connectivity index is 1.35. The predicted molar refractivity (Wildman–Crippen MR) is 89.9 cm³/mol. The highest BCUT2D eigenvalue weighted by Crippen LogP contribution is 2.61. The van der Waals surface area contributed by atoms with E-state index >= 15 is 0 Å². The second-order valence-corrected chi connectivity index (χ2v) is 9.02. The fourth-order valence-electron chi connectivity index (χ4n) is 5.68. The van der Waals surface area contributed by atoms with Gasteiger partial charge in [0.2, 0.25) is 5.91 Å². The summed E-state index contributed by atoms with van der Waals surface area (Å²) in [5.74, 6) is 3.32. The minimum atomic E-state index is 0.126. The van der Waals surface area contributed by atoms with Crippen LogP contribution in [0.2, 0.25) is 0 Å². The van der Waals surface area contributed by atoms with Crippen molar-refractivity contribution >= 4 is 17.7 Å². The molecule has 6 heteroatoms. The smallest absolute Gasteiger partial charge is 0.230 e. The topological polar surface area (TPSA) is 59.8 Å². The van der Waals surface area contributed by atoms with E-state index < -0.39 is 0 Å². The maximum absolute atomic E-state index is 12.4. The summed E-state index contributed by atoms with van der Waals surface area (Å²) >= 11 is 1.46. The molecule has 0 aromatic carbocycles. The van der Waals surface area contributed by atoms with E-state index in [1.54, 1.807) is 6.33 Å². The number of nitrogens with zero attached hydrogens (tertiary/aromatic N) is 3. The molecule has 4 saturated carbocycles. The lowest BCUT2D eigenvalue weighted by atomic mass is 9.48. The van der Waals surface area contributed by atoms with Gasteiger partial charge < -0.3 is 9.88 Å². The van der Waals surface area contributed by atoms with E-state index in [-0.39, 0.29) is 5.91 Å². The van der Waals surface area contributed by atoms with Crippen molar-refractivity contribution in [3.63, 3.8) is 0 Å². The molecule has 4 fully saturated rings. The van der Waals surface area contributed by atoms with Gasteiger partial charge in [-0.25, -0.2) is 0 Å². The van der Waals surface area contributed by atoms with Gasteiger partial charge >= 0.3 is 0 Å². The molecule has 1 heterocycles. The van der Waals surface area contributed by atoms with Gasteiger partial charge in [0.05, 0.1) is 5.75 Å². The number of rotatable bonds is 5. The Morgan fingerprint density at radius 2 is 1.96 bits per heavy atom. The molecular formula is C17H26N4OS. The molecule has 126 valence electrons. The number of carbonyl (C=O) groups excluding carboxylic acids is 1. The third kappa shape index (κ3) is 2.90. The molecule has 0 spiro atoms. The summed E-state index contributed by atoms with van der Waals surface area (Å²) in [5, 5.41) is 12.0. The lowest BCUT2D eigenvalue weighted by Gasteiger charge is -2.59. The van der Waals surface area contributed by atoms with Crippen molar-refractivity contribution in [1.82, 2.24) is 20.1 Å². The highest BCUT2D eigenvalue weighted by atomic mass is 32.2. The maximum atomic E-state index is 12.4. The van der Waals surface area contributed by atoms with E-state index in [1.165, 1.54) is 50.3 Å². The molecule has 1 amide bonds. The van der Waals surface area contributed by atoms with Crippen LogP contribution in [0, 0.1) is 23.2 Å². The highest BCUT2D eigenvalue weighted by Gasteiger charge is 2.53. The van der Waals surface area contributed by atoms with Crippen LogP contribution in [0.5, 0.6) is 0 Å². The molecular weight excluding hydrogens is 308 g/mol. The largest absolute Gasteiger partial charge is 0.352 e. The first-order valence-corrected chi connectivity index (χ1v) is 9.79. The Hall–Kier alpha value is -1.04. The van der Waals surface area contributed by atoms with Crippen LogP contribution < -0.4 is 5.32 Å². The number of carbonyl (C=O) groups is 1. The fourth-order valence-corrected chi connectivity index (χ4v) is 6.38. The molecule has 1 atom stereocenters. The van der Waals surface area contributed by atoms with Gasteiger partial charge in [-0.15, -0.1) is 10.2 Å².